The molecule has 8 heteroatoms. The van der Waals surface area contributed by atoms with Gasteiger partial charge in [0.15, 0.2) is 5.78 Å². The van der Waals surface area contributed by atoms with E-state index in [1.165, 1.54) is 11.8 Å². The highest BCUT2D eigenvalue weighted by molar-refractivity contribution is 8.00. The predicted octanol–water partition coefficient (Wildman–Crippen LogP) is 8.37. The van der Waals surface area contributed by atoms with Crippen LogP contribution in [0.2, 0.25) is 0 Å². The summed E-state index contributed by atoms with van der Waals surface area (Å²) in [5.74, 6) is 0.309. The molecule has 0 radical (unpaired) electrons. The predicted molar refractivity (Wildman–Crippen MR) is 174 cm³/mol. The summed E-state index contributed by atoms with van der Waals surface area (Å²) in [6.45, 7) is 1.77. The molecule has 0 fully saturated rings. The number of allylic oxidation sites excluding steroid dienone is 1. The summed E-state index contributed by atoms with van der Waals surface area (Å²) in [5.41, 5.74) is 4.60. The molecule has 0 aliphatic rings. The Hall–Kier alpha value is -4.97. The summed E-state index contributed by atoms with van der Waals surface area (Å²) in [7, 11) is 1.60. The number of hydrogen-bond acceptors (Lipinski definition) is 7. The van der Waals surface area contributed by atoms with Crippen molar-refractivity contribution < 1.29 is 14.3 Å². The molecule has 2 aromatic heterocycles. The molecular weight excluding hydrogens is 575 g/mol. The van der Waals surface area contributed by atoms with Gasteiger partial charge in [-0.2, -0.15) is 5.26 Å². The first kappa shape index (κ1) is 29.5. The molecular formula is C35H27N3O3S2. The molecule has 5 rings (SSSR count). The Balaban J connectivity index is 1.37. The number of carbonyl (C=O) groups is 2. The van der Waals surface area contributed by atoms with E-state index in [4.69, 9.17) is 9.72 Å². The van der Waals surface area contributed by atoms with Crippen LogP contribution >= 0.6 is 23.1 Å². The molecule has 1 amide bonds. The van der Waals surface area contributed by atoms with Gasteiger partial charge in [-0.05, 0) is 78.6 Å². The number of methoxy groups -OCH3 is 1. The molecule has 6 nitrogen and oxygen atoms in total. The highest BCUT2D eigenvalue weighted by Crippen LogP contribution is 2.37. The summed E-state index contributed by atoms with van der Waals surface area (Å²) in [6, 6.07) is 32.1. The van der Waals surface area contributed by atoms with Crippen LogP contribution < -0.4 is 10.1 Å². The van der Waals surface area contributed by atoms with Gasteiger partial charge in [-0.25, -0.2) is 4.98 Å². The number of aromatic nitrogens is 1. The van der Waals surface area contributed by atoms with Gasteiger partial charge in [-0.15, -0.1) is 11.3 Å². The number of nitrogens with one attached hydrogen (secondary N) is 1. The van der Waals surface area contributed by atoms with E-state index < -0.39 is 5.25 Å². The zero-order valence-corrected chi connectivity index (χ0v) is 25.1. The van der Waals surface area contributed by atoms with Crippen molar-refractivity contribution in [1.29, 1.82) is 5.26 Å². The summed E-state index contributed by atoms with van der Waals surface area (Å²) in [4.78, 5) is 31.6. The number of pyridine rings is 1. The van der Waals surface area contributed by atoms with Crippen molar-refractivity contribution >= 4 is 46.6 Å². The molecule has 5 aromatic rings. The molecule has 0 saturated heterocycles. The number of hydrogen-bond donors (Lipinski definition) is 1. The van der Waals surface area contributed by atoms with Crippen LogP contribution in [0.15, 0.2) is 114 Å². The van der Waals surface area contributed by atoms with Gasteiger partial charge in [0, 0.05) is 27.3 Å². The van der Waals surface area contributed by atoms with Gasteiger partial charge in [-0.1, -0.05) is 60.3 Å². The number of nitrogens with zero attached hydrogens (tertiary/aromatic N) is 2. The molecule has 1 unspecified atom stereocenters. The van der Waals surface area contributed by atoms with Crippen LogP contribution in [-0.4, -0.2) is 29.0 Å². The number of nitriles is 1. The van der Waals surface area contributed by atoms with Crippen LogP contribution in [0.3, 0.4) is 0 Å². The van der Waals surface area contributed by atoms with Gasteiger partial charge < -0.3 is 10.1 Å². The molecule has 0 saturated carbocycles. The number of thiophene rings is 1. The standard InChI is InChI=1S/C35H27N3O3S2/c1-23(34(40)37-27-15-13-25(14-16-27)33(39)18-17-29-12-7-19-42-29)43-35-31(22-36)30(26-10-6-11-28(20-26)41-2)21-32(38-35)24-8-4-3-5-9-24/h3-21,23H,1-2H3,(H,37,40)/b18-17+. The van der Waals surface area contributed by atoms with Crippen molar-refractivity contribution in [1.82, 2.24) is 4.98 Å². The Labute approximate surface area is 258 Å². The number of anilines is 1. The average Bonchev–Trinajstić information content (AvgIpc) is 3.58. The number of ether oxygens (including phenoxy) is 1. The van der Waals surface area contributed by atoms with E-state index in [0.717, 1.165) is 16.0 Å². The van der Waals surface area contributed by atoms with E-state index in [-0.39, 0.29) is 11.7 Å². The fourth-order valence-electron chi connectivity index (χ4n) is 4.31. The van der Waals surface area contributed by atoms with Crippen LogP contribution in [0.4, 0.5) is 5.69 Å². The summed E-state index contributed by atoms with van der Waals surface area (Å²) in [6.07, 6.45) is 3.33. The molecule has 43 heavy (non-hydrogen) atoms. The molecule has 2 heterocycles. The Morgan fingerprint density at radius 3 is 2.44 bits per heavy atom. The van der Waals surface area contributed by atoms with Gasteiger partial charge >= 0.3 is 0 Å². The molecule has 212 valence electrons. The van der Waals surface area contributed by atoms with Crippen LogP contribution in [0.5, 0.6) is 5.75 Å². The maximum Gasteiger partial charge on any atom is 0.237 e. The topological polar surface area (TPSA) is 92.1 Å². The Morgan fingerprint density at radius 1 is 0.977 bits per heavy atom. The van der Waals surface area contributed by atoms with Gasteiger partial charge in [0.2, 0.25) is 5.91 Å². The van der Waals surface area contributed by atoms with E-state index in [0.29, 0.717) is 38.8 Å². The lowest BCUT2D eigenvalue weighted by Gasteiger charge is -2.16. The number of thioether (sulfide) groups is 1. The molecule has 3 aromatic carbocycles. The lowest BCUT2D eigenvalue weighted by Crippen LogP contribution is -2.22. The first-order chi connectivity index (χ1) is 20.9. The third-order valence-corrected chi connectivity index (χ3v) is 8.51. The lowest BCUT2D eigenvalue weighted by molar-refractivity contribution is -0.115. The monoisotopic (exact) mass is 601 g/mol. The zero-order valence-electron chi connectivity index (χ0n) is 23.5. The highest BCUT2D eigenvalue weighted by Gasteiger charge is 2.22. The smallest absolute Gasteiger partial charge is 0.237 e. The first-order valence-electron chi connectivity index (χ1n) is 13.4. The number of carbonyl (C=O) groups excluding carboxylic acids is 2. The van der Waals surface area contributed by atoms with Gasteiger partial charge in [0.05, 0.1) is 23.6 Å². The largest absolute Gasteiger partial charge is 0.497 e. The van der Waals surface area contributed by atoms with Crippen LogP contribution in [0.25, 0.3) is 28.5 Å². The van der Waals surface area contributed by atoms with Crippen molar-refractivity contribution in [3.63, 3.8) is 0 Å². The maximum atomic E-state index is 13.2. The lowest BCUT2D eigenvalue weighted by atomic mass is 9.99. The number of rotatable bonds is 10. The minimum absolute atomic E-state index is 0.115. The Kier molecular flexibility index (Phi) is 9.47. The second kappa shape index (κ2) is 13.8. The van der Waals surface area contributed by atoms with E-state index >= 15 is 0 Å². The second-order valence-corrected chi connectivity index (χ2v) is 11.8. The van der Waals surface area contributed by atoms with Crippen LogP contribution in [0.1, 0.15) is 27.7 Å². The summed E-state index contributed by atoms with van der Waals surface area (Å²) < 4.78 is 5.42. The van der Waals surface area contributed by atoms with Crippen molar-refractivity contribution in [2.24, 2.45) is 0 Å². The third kappa shape index (κ3) is 7.28. The highest BCUT2D eigenvalue weighted by atomic mass is 32.2. The minimum atomic E-state index is -0.571. The molecule has 0 bridgehead atoms. The molecule has 1 N–H and O–H groups in total. The average molecular weight is 602 g/mol. The van der Waals surface area contributed by atoms with E-state index in [2.05, 4.69) is 11.4 Å². The van der Waals surface area contributed by atoms with Crippen molar-refractivity contribution in [2.45, 2.75) is 17.2 Å². The SMILES string of the molecule is COc1cccc(-c2cc(-c3ccccc3)nc(SC(C)C(=O)Nc3ccc(C(=O)/C=C/c4cccs4)cc3)c2C#N)c1. The van der Waals surface area contributed by atoms with Gasteiger partial charge in [-0.3, -0.25) is 9.59 Å². The quantitative estimate of drug-likeness (QED) is 0.0982. The zero-order chi connectivity index (χ0) is 30.2. The van der Waals surface area contributed by atoms with E-state index in [9.17, 15) is 14.9 Å². The summed E-state index contributed by atoms with van der Waals surface area (Å²) >= 11 is 2.78. The Bertz CT molecular complexity index is 1810. The summed E-state index contributed by atoms with van der Waals surface area (Å²) in [5, 5.41) is 15.0. The van der Waals surface area contributed by atoms with E-state index in [1.807, 2.05) is 78.2 Å². The maximum absolute atomic E-state index is 13.2. The molecule has 0 aliphatic heterocycles. The number of amides is 1. The normalized spacial score (nSPS) is 11.6. The molecule has 0 spiro atoms. The third-order valence-electron chi connectivity index (χ3n) is 6.59. The van der Waals surface area contributed by atoms with Crippen molar-refractivity contribution in [3.8, 4) is 34.2 Å². The number of ketones is 1. The minimum Gasteiger partial charge on any atom is -0.497 e. The fourth-order valence-corrected chi connectivity index (χ4v) is 5.86. The second-order valence-electron chi connectivity index (χ2n) is 9.48. The van der Waals surface area contributed by atoms with Crippen molar-refractivity contribution in [2.75, 3.05) is 12.4 Å². The van der Waals surface area contributed by atoms with Crippen LogP contribution in [0, 0.1) is 11.3 Å². The molecule has 0 aliphatic carbocycles. The van der Waals surface area contributed by atoms with Crippen LogP contribution in [-0.2, 0) is 4.79 Å². The van der Waals surface area contributed by atoms with Gasteiger partial charge in [0.25, 0.3) is 0 Å². The fraction of sp³-hybridized carbons (Fsp3) is 0.0857. The van der Waals surface area contributed by atoms with E-state index in [1.54, 1.807) is 61.8 Å². The number of benzene rings is 3. The Morgan fingerprint density at radius 2 is 1.74 bits per heavy atom. The first-order valence-corrected chi connectivity index (χ1v) is 15.2. The molecule has 1 atom stereocenters. The van der Waals surface area contributed by atoms with Gasteiger partial charge in [0.1, 0.15) is 16.8 Å². The van der Waals surface area contributed by atoms with Crippen molar-refractivity contribution in [3.05, 3.63) is 125 Å².